The summed E-state index contributed by atoms with van der Waals surface area (Å²) in [5.41, 5.74) is 4.28. The molecule has 0 N–H and O–H groups in total. The van der Waals surface area contributed by atoms with Gasteiger partial charge in [0.15, 0.2) is 0 Å². The molecule has 0 bridgehead atoms. The zero-order valence-electron chi connectivity index (χ0n) is 21.3. The van der Waals surface area contributed by atoms with Crippen LogP contribution in [0, 0.1) is 13.8 Å². The predicted molar refractivity (Wildman–Crippen MR) is 134 cm³/mol. The number of hydrogen-bond acceptors (Lipinski definition) is 4. The van der Waals surface area contributed by atoms with E-state index in [1.54, 1.807) is 14.0 Å². The third kappa shape index (κ3) is 8.03. The zero-order valence-corrected chi connectivity index (χ0v) is 21.3. The molecule has 0 aliphatic heterocycles. The fourth-order valence-corrected chi connectivity index (χ4v) is 4.11. The fourth-order valence-electron chi connectivity index (χ4n) is 4.11. The number of unbranched alkanes of at least 4 members (excludes halogenated alkanes) is 5. The Labute approximate surface area is 199 Å². The molecule has 0 saturated carbocycles. The molecule has 0 aliphatic rings. The summed E-state index contributed by atoms with van der Waals surface area (Å²) in [4.78, 5) is 23.2. The van der Waals surface area contributed by atoms with Gasteiger partial charge in [0, 0.05) is 18.3 Å². The van der Waals surface area contributed by atoms with Crippen LogP contribution in [0.5, 0.6) is 11.5 Å². The van der Waals surface area contributed by atoms with Crippen LogP contribution in [0.1, 0.15) is 94.4 Å². The van der Waals surface area contributed by atoms with Crippen molar-refractivity contribution in [1.82, 2.24) is 0 Å². The quantitative estimate of drug-likeness (QED) is 0.182. The summed E-state index contributed by atoms with van der Waals surface area (Å²) in [7, 11) is 1.69. The van der Waals surface area contributed by atoms with Crippen molar-refractivity contribution in [2.24, 2.45) is 0 Å². The minimum Gasteiger partial charge on any atom is -0.496 e. The number of aryl methyl sites for hydroxylation is 2. The lowest BCUT2D eigenvalue weighted by atomic mass is 9.77. The smallest absolute Gasteiger partial charge is 0.311 e. The van der Waals surface area contributed by atoms with E-state index in [0.29, 0.717) is 18.6 Å². The van der Waals surface area contributed by atoms with Gasteiger partial charge in [-0.25, -0.2) is 0 Å². The lowest BCUT2D eigenvalue weighted by Crippen LogP contribution is -2.19. The molecule has 0 unspecified atom stereocenters. The van der Waals surface area contributed by atoms with Crippen LogP contribution >= 0.6 is 0 Å². The van der Waals surface area contributed by atoms with Crippen molar-refractivity contribution in [2.75, 3.05) is 7.11 Å². The van der Waals surface area contributed by atoms with Crippen LogP contribution in [0.25, 0.3) is 0 Å². The van der Waals surface area contributed by atoms with Crippen molar-refractivity contribution >= 4 is 11.8 Å². The number of ketones is 1. The summed E-state index contributed by atoms with van der Waals surface area (Å²) in [5, 5.41) is 0. The van der Waals surface area contributed by atoms with Crippen molar-refractivity contribution in [1.29, 1.82) is 0 Å². The second-order valence-electron chi connectivity index (χ2n) is 9.59. The molecule has 4 heteroatoms. The number of Topliss-reactive ketones (excluding diaryl/α,β-unsaturated/α-hetero) is 1. The Morgan fingerprint density at radius 1 is 0.758 bits per heavy atom. The SMILES string of the molecule is COc1ccc(C(C)(C)c2ccc(OC(=O)CCCCCCCCC(C)=O)c(C)c2)cc1C. The Kier molecular flexibility index (Phi) is 10.1. The summed E-state index contributed by atoms with van der Waals surface area (Å²) < 4.78 is 11.0. The first-order valence-corrected chi connectivity index (χ1v) is 12.1. The maximum atomic E-state index is 12.3. The van der Waals surface area contributed by atoms with E-state index in [1.807, 2.05) is 19.1 Å². The molecule has 4 nitrogen and oxygen atoms in total. The van der Waals surface area contributed by atoms with Crippen LogP contribution in [0.15, 0.2) is 36.4 Å². The average Bonchev–Trinajstić information content (AvgIpc) is 2.76. The van der Waals surface area contributed by atoms with E-state index in [2.05, 4.69) is 45.0 Å². The molecule has 2 rings (SSSR count). The van der Waals surface area contributed by atoms with Gasteiger partial charge >= 0.3 is 5.97 Å². The first-order valence-electron chi connectivity index (χ1n) is 12.1. The van der Waals surface area contributed by atoms with Gasteiger partial charge in [-0.15, -0.1) is 0 Å². The molecule has 0 fully saturated rings. The van der Waals surface area contributed by atoms with E-state index >= 15 is 0 Å². The molecule has 33 heavy (non-hydrogen) atoms. The molecule has 0 aromatic heterocycles. The first kappa shape index (κ1) is 26.6. The fraction of sp³-hybridized carbons (Fsp3) is 0.517. The van der Waals surface area contributed by atoms with Crippen molar-refractivity contribution in [3.05, 3.63) is 58.7 Å². The molecule has 0 atom stereocenters. The molecule has 0 amide bonds. The van der Waals surface area contributed by atoms with Gasteiger partial charge in [-0.1, -0.05) is 63.8 Å². The first-order chi connectivity index (χ1) is 15.6. The molecule has 0 aliphatic carbocycles. The van der Waals surface area contributed by atoms with E-state index in [9.17, 15) is 9.59 Å². The Bertz CT molecular complexity index is 943. The number of carbonyl (C=O) groups is 2. The molecule has 0 heterocycles. The van der Waals surface area contributed by atoms with E-state index in [-0.39, 0.29) is 17.2 Å². The minimum atomic E-state index is -0.186. The molecular formula is C29H40O4. The number of benzene rings is 2. The van der Waals surface area contributed by atoms with E-state index in [0.717, 1.165) is 55.4 Å². The average molecular weight is 453 g/mol. The summed E-state index contributed by atoms with van der Waals surface area (Å²) in [6, 6.07) is 12.4. The second kappa shape index (κ2) is 12.6. The van der Waals surface area contributed by atoms with Gasteiger partial charge in [0.25, 0.3) is 0 Å². The normalized spacial score (nSPS) is 11.3. The predicted octanol–water partition coefficient (Wildman–Crippen LogP) is 7.25. The topological polar surface area (TPSA) is 52.6 Å². The molecule has 2 aromatic carbocycles. The number of esters is 1. The number of carbonyl (C=O) groups excluding carboxylic acids is 2. The highest BCUT2D eigenvalue weighted by atomic mass is 16.5. The molecule has 2 aromatic rings. The van der Waals surface area contributed by atoms with Crippen LogP contribution in [0.4, 0.5) is 0 Å². The van der Waals surface area contributed by atoms with Crippen LogP contribution in [0.3, 0.4) is 0 Å². The van der Waals surface area contributed by atoms with Gasteiger partial charge in [-0.3, -0.25) is 4.79 Å². The maximum Gasteiger partial charge on any atom is 0.311 e. The monoisotopic (exact) mass is 452 g/mol. The van der Waals surface area contributed by atoms with Crippen LogP contribution in [-0.4, -0.2) is 18.9 Å². The minimum absolute atomic E-state index is 0.174. The van der Waals surface area contributed by atoms with Crippen molar-refractivity contribution in [3.63, 3.8) is 0 Å². The van der Waals surface area contributed by atoms with Gasteiger partial charge in [0.1, 0.15) is 17.3 Å². The van der Waals surface area contributed by atoms with E-state index in [1.165, 1.54) is 11.1 Å². The van der Waals surface area contributed by atoms with Gasteiger partial charge in [-0.05, 0) is 68.0 Å². The largest absolute Gasteiger partial charge is 0.496 e. The van der Waals surface area contributed by atoms with E-state index in [4.69, 9.17) is 9.47 Å². The molecule has 0 spiro atoms. The Morgan fingerprint density at radius 2 is 1.24 bits per heavy atom. The van der Waals surface area contributed by atoms with E-state index < -0.39 is 0 Å². The van der Waals surface area contributed by atoms with Crippen LogP contribution < -0.4 is 9.47 Å². The number of hydrogen-bond donors (Lipinski definition) is 0. The molecule has 180 valence electrons. The lowest BCUT2D eigenvalue weighted by molar-refractivity contribution is -0.134. The molecule has 0 radical (unpaired) electrons. The van der Waals surface area contributed by atoms with Crippen LogP contribution in [-0.2, 0) is 15.0 Å². The van der Waals surface area contributed by atoms with Gasteiger partial charge in [-0.2, -0.15) is 0 Å². The summed E-state index contributed by atoms with van der Waals surface area (Å²) in [6.07, 6.45) is 7.25. The Hall–Kier alpha value is -2.62. The van der Waals surface area contributed by atoms with Gasteiger partial charge in [0.05, 0.1) is 7.11 Å². The molecular weight excluding hydrogens is 412 g/mol. The van der Waals surface area contributed by atoms with Crippen molar-refractivity contribution < 1.29 is 19.1 Å². The standard InChI is InChI=1S/C29H40O4/c1-21-19-24(15-17-26(21)32-6)29(4,5)25-16-18-27(22(2)20-25)33-28(31)14-12-10-8-7-9-11-13-23(3)30/h15-20H,7-14H2,1-6H3. The lowest BCUT2D eigenvalue weighted by Gasteiger charge is -2.27. The Morgan fingerprint density at radius 3 is 1.73 bits per heavy atom. The highest BCUT2D eigenvalue weighted by molar-refractivity contribution is 5.75. The van der Waals surface area contributed by atoms with Crippen molar-refractivity contribution in [2.45, 2.75) is 91.4 Å². The summed E-state index contributed by atoms with van der Waals surface area (Å²) in [5.74, 6) is 1.61. The maximum absolute atomic E-state index is 12.3. The van der Waals surface area contributed by atoms with Gasteiger partial charge in [0.2, 0.25) is 0 Å². The highest BCUT2D eigenvalue weighted by Gasteiger charge is 2.24. The van der Waals surface area contributed by atoms with Crippen molar-refractivity contribution in [3.8, 4) is 11.5 Å². The zero-order chi connectivity index (χ0) is 24.4. The molecule has 0 saturated heterocycles. The Balaban J connectivity index is 1.87. The third-order valence-electron chi connectivity index (χ3n) is 6.40. The highest BCUT2D eigenvalue weighted by Crippen LogP contribution is 2.35. The second-order valence-corrected chi connectivity index (χ2v) is 9.59. The number of methoxy groups -OCH3 is 1. The summed E-state index contributed by atoms with van der Waals surface area (Å²) >= 11 is 0. The third-order valence-corrected chi connectivity index (χ3v) is 6.40. The number of rotatable bonds is 13. The van der Waals surface area contributed by atoms with Gasteiger partial charge < -0.3 is 14.3 Å². The van der Waals surface area contributed by atoms with Crippen LogP contribution in [0.2, 0.25) is 0 Å². The number of ether oxygens (including phenoxy) is 2. The summed E-state index contributed by atoms with van der Waals surface area (Å²) in [6.45, 7) is 10.1.